The molecule has 0 bridgehead atoms. The lowest BCUT2D eigenvalue weighted by Gasteiger charge is -2.23. The molecule has 0 aliphatic heterocycles. The molecule has 0 aromatic heterocycles. The Balaban J connectivity index is 1.88. The first-order chi connectivity index (χ1) is 11.0. The number of amides is 1. The summed E-state index contributed by atoms with van der Waals surface area (Å²) in [5.41, 5.74) is -0.116. The van der Waals surface area contributed by atoms with Crippen molar-refractivity contribution in [3.63, 3.8) is 0 Å². The molecule has 0 saturated heterocycles. The Kier molecular flexibility index (Phi) is 4.07. The largest absolute Gasteiger partial charge is 0.331 e. The third-order valence-corrected chi connectivity index (χ3v) is 3.77. The second kappa shape index (κ2) is 6.02. The third-order valence-electron chi connectivity index (χ3n) is 3.77. The average Bonchev–Trinajstić information content (AvgIpc) is 3.30. The molecule has 0 unspecified atom stereocenters. The molecule has 3 rings (SSSR count). The van der Waals surface area contributed by atoms with Gasteiger partial charge in [-0.1, -0.05) is 6.07 Å². The van der Waals surface area contributed by atoms with E-state index >= 15 is 0 Å². The van der Waals surface area contributed by atoms with E-state index in [1.54, 1.807) is 0 Å². The minimum absolute atomic E-state index is 0.0908. The summed E-state index contributed by atoms with van der Waals surface area (Å²) < 4.78 is 53.5. The van der Waals surface area contributed by atoms with Crippen molar-refractivity contribution in [2.75, 3.05) is 0 Å². The highest BCUT2D eigenvalue weighted by molar-refractivity contribution is 5.94. The van der Waals surface area contributed by atoms with E-state index in [0.717, 1.165) is 37.1 Å². The average molecular weight is 323 g/mol. The first-order valence-corrected chi connectivity index (χ1v) is 7.15. The van der Waals surface area contributed by atoms with E-state index < -0.39 is 29.2 Å². The summed E-state index contributed by atoms with van der Waals surface area (Å²) in [6.45, 7) is -0.0908. The van der Waals surface area contributed by atoms with Crippen LogP contribution in [0.4, 0.5) is 17.6 Å². The Bertz CT molecular complexity index is 758. The number of rotatable bonds is 4. The van der Waals surface area contributed by atoms with Crippen molar-refractivity contribution < 1.29 is 22.4 Å². The Morgan fingerprint density at radius 3 is 2.13 bits per heavy atom. The molecule has 1 aliphatic rings. The lowest BCUT2D eigenvalue weighted by Crippen LogP contribution is -2.33. The Hall–Kier alpha value is -2.37. The Morgan fingerprint density at radius 1 is 0.957 bits per heavy atom. The second-order valence-corrected chi connectivity index (χ2v) is 5.52. The number of nitrogens with zero attached hydrogens (tertiary/aromatic N) is 1. The van der Waals surface area contributed by atoms with Crippen LogP contribution in [0.5, 0.6) is 0 Å². The minimum atomic E-state index is -0.958. The van der Waals surface area contributed by atoms with Crippen LogP contribution in [-0.2, 0) is 6.54 Å². The van der Waals surface area contributed by atoms with Gasteiger partial charge in [0.2, 0.25) is 0 Å². The van der Waals surface area contributed by atoms with Crippen LogP contribution in [-0.4, -0.2) is 16.8 Å². The number of carbonyl (C=O) groups is 1. The SMILES string of the molecule is O=C(c1ccc(F)cc1F)N(Cc1ccc(F)cc1F)C1CC1. The summed E-state index contributed by atoms with van der Waals surface area (Å²) in [5, 5.41) is 0. The Labute approximate surface area is 130 Å². The molecular formula is C17H13F4NO. The molecule has 1 fully saturated rings. The van der Waals surface area contributed by atoms with Gasteiger partial charge >= 0.3 is 0 Å². The molecule has 0 heterocycles. The van der Waals surface area contributed by atoms with E-state index in [1.807, 2.05) is 0 Å². The topological polar surface area (TPSA) is 20.3 Å². The van der Waals surface area contributed by atoms with Crippen LogP contribution in [0.2, 0.25) is 0 Å². The number of benzene rings is 2. The van der Waals surface area contributed by atoms with Gasteiger partial charge in [0, 0.05) is 30.3 Å². The van der Waals surface area contributed by atoms with Crippen molar-refractivity contribution in [1.29, 1.82) is 0 Å². The lowest BCUT2D eigenvalue weighted by molar-refractivity contribution is 0.0723. The van der Waals surface area contributed by atoms with Gasteiger partial charge in [0.15, 0.2) is 0 Å². The van der Waals surface area contributed by atoms with Gasteiger partial charge < -0.3 is 4.90 Å². The summed E-state index contributed by atoms with van der Waals surface area (Å²) in [6, 6.07) is 5.70. The van der Waals surface area contributed by atoms with Crippen LogP contribution >= 0.6 is 0 Å². The van der Waals surface area contributed by atoms with Gasteiger partial charge in [-0.05, 0) is 31.0 Å². The number of hydrogen-bond acceptors (Lipinski definition) is 1. The van der Waals surface area contributed by atoms with E-state index in [2.05, 4.69) is 0 Å². The van der Waals surface area contributed by atoms with Gasteiger partial charge in [0.05, 0.1) is 5.56 Å². The summed E-state index contributed by atoms with van der Waals surface area (Å²) in [5.74, 6) is -3.83. The second-order valence-electron chi connectivity index (χ2n) is 5.52. The molecule has 6 heteroatoms. The van der Waals surface area contributed by atoms with Gasteiger partial charge in [-0.2, -0.15) is 0 Å². The fourth-order valence-corrected chi connectivity index (χ4v) is 2.40. The maximum absolute atomic E-state index is 13.8. The molecule has 2 nitrogen and oxygen atoms in total. The molecule has 0 atom stereocenters. The van der Waals surface area contributed by atoms with Crippen LogP contribution < -0.4 is 0 Å². The molecule has 2 aromatic carbocycles. The van der Waals surface area contributed by atoms with Crippen molar-refractivity contribution in [2.24, 2.45) is 0 Å². The van der Waals surface area contributed by atoms with E-state index in [0.29, 0.717) is 6.07 Å². The highest BCUT2D eigenvalue weighted by atomic mass is 19.1. The van der Waals surface area contributed by atoms with Gasteiger partial charge in [-0.3, -0.25) is 4.79 Å². The fourth-order valence-electron chi connectivity index (χ4n) is 2.40. The van der Waals surface area contributed by atoms with Crippen LogP contribution in [0.3, 0.4) is 0 Å². The molecule has 120 valence electrons. The highest BCUT2D eigenvalue weighted by Crippen LogP contribution is 2.31. The standard InChI is InChI=1S/C17H13F4NO/c18-11-2-1-10(15(20)7-11)9-22(13-4-5-13)17(23)14-6-3-12(19)8-16(14)21/h1-3,6-8,13H,4-5,9H2. The third kappa shape index (κ3) is 3.36. The molecule has 2 aromatic rings. The summed E-state index contributed by atoms with van der Waals surface area (Å²) >= 11 is 0. The predicted octanol–water partition coefficient (Wildman–Crippen LogP) is 4.05. The number of hydrogen-bond donors (Lipinski definition) is 0. The van der Waals surface area contributed by atoms with Crippen molar-refractivity contribution >= 4 is 5.91 Å². The van der Waals surface area contributed by atoms with Crippen molar-refractivity contribution in [3.05, 3.63) is 70.8 Å². The predicted molar refractivity (Wildman–Crippen MR) is 75.6 cm³/mol. The van der Waals surface area contributed by atoms with Crippen LogP contribution in [0, 0.1) is 23.3 Å². The van der Waals surface area contributed by atoms with Gasteiger partial charge in [0.25, 0.3) is 5.91 Å². The normalized spacial score (nSPS) is 13.9. The highest BCUT2D eigenvalue weighted by Gasteiger charge is 2.34. The zero-order valence-electron chi connectivity index (χ0n) is 12.0. The summed E-state index contributed by atoms with van der Waals surface area (Å²) in [4.78, 5) is 13.8. The number of halogens is 4. The Morgan fingerprint density at radius 2 is 1.57 bits per heavy atom. The van der Waals surface area contributed by atoms with E-state index in [-0.39, 0.29) is 23.7 Å². The van der Waals surface area contributed by atoms with Crippen molar-refractivity contribution in [3.8, 4) is 0 Å². The van der Waals surface area contributed by atoms with E-state index in [9.17, 15) is 22.4 Å². The van der Waals surface area contributed by atoms with Gasteiger partial charge in [-0.15, -0.1) is 0 Å². The molecule has 1 amide bonds. The van der Waals surface area contributed by atoms with Crippen LogP contribution in [0.1, 0.15) is 28.8 Å². The minimum Gasteiger partial charge on any atom is -0.331 e. The first kappa shape index (κ1) is 15.5. The molecule has 0 spiro atoms. The first-order valence-electron chi connectivity index (χ1n) is 7.15. The lowest BCUT2D eigenvalue weighted by atomic mass is 10.1. The zero-order chi connectivity index (χ0) is 16.6. The maximum Gasteiger partial charge on any atom is 0.257 e. The monoisotopic (exact) mass is 323 g/mol. The van der Waals surface area contributed by atoms with E-state index in [4.69, 9.17) is 0 Å². The quantitative estimate of drug-likeness (QED) is 0.778. The van der Waals surface area contributed by atoms with Crippen LogP contribution in [0.15, 0.2) is 36.4 Å². The maximum atomic E-state index is 13.8. The van der Waals surface area contributed by atoms with Crippen LogP contribution in [0.25, 0.3) is 0 Å². The summed E-state index contributed by atoms with van der Waals surface area (Å²) in [7, 11) is 0. The fraction of sp³-hybridized carbons (Fsp3) is 0.235. The molecule has 1 saturated carbocycles. The smallest absolute Gasteiger partial charge is 0.257 e. The van der Waals surface area contributed by atoms with Crippen molar-refractivity contribution in [2.45, 2.75) is 25.4 Å². The number of carbonyl (C=O) groups excluding carboxylic acids is 1. The molecule has 1 aliphatic carbocycles. The van der Waals surface area contributed by atoms with Crippen molar-refractivity contribution in [1.82, 2.24) is 4.90 Å². The molecule has 0 radical (unpaired) electrons. The zero-order valence-corrected chi connectivity index (χ0v) is 12.0. The molecule has 23 heavy (non-hydrogen) atoms. The van der Waals surface area contributed by atoms with Gasteiger partial charge in [-0.25, -0.2) is 17.6 Å². The van der Waals surface area contributed by atoms with Gasteiger partial charge in [0.1, 0.15) is 23.3 Å². The van der Waals surface area contributed by atoms with E-state index in [1.165, 1.54) is 11.0 Å². The summed E-state index contributed by atoms with van der Waals surface area (Å²) in [6.07, 6.45) is 1.47. The molecule has 0 N–H and O–H groups in total. The molecular weight excluding hydrogens is 310 g/mol.